The average molecular weight is 363 g/mol. The highest BCUT2D eigenvalue weighted by molar-refractivity contribution is 7.90. The topological polar surface area (TPSA) is 118 Å². The van der Waals surface area contributed by atoms with Gasteiger partial charge in [0, 0.05) is 24.9 Å². The van der Waals surface area contributed by atoms with E-state index in [0.29, 0.717) is 11.5 Å². The van der Waals surface area contributed by atoms with Crippen molar-refractivity contribution < 1.29 is 23.1 Å². The fraction of sp³-hybridized carbons (Fsp3) is 0.312. The molecule has 1 saturated carbocycles. The van der Waals surface area contributed by atoms with E-state index in [2.05, 4.69) is 10.4 Å². The first-order valence-corrected chi connectivity index (χ1v) is 9.47. The largest absolute Gasteiger partial charge is 0.478 e. The Morgan fingerprint density at radius 3 is 2.52 bits per heavy atom. The van der Waals surface area contributed by atoms with Crippen molar-refractivity contribution in [1.29, 1.82) is 0 Å². The van der Waals surface area contributed by atoms with E-state index >= 15 is 0 Å². The van der Waals surface area contributed by atoms with Gasteiger partial charge in [0.1, 0.15) is 0 Å². The number of carboxylic acid groups (broad SMARTS) is 1. The van der Waals surface area contributed by atoms with E-state index < -0.39 is 21.7 Å². The lowest BCUT2D eigenvalue weighted by Gasteiger charge is -2.09. The van der Waals surface area contributed by atoms with Crippen LogP contribution in [0, 0.1) is 0 Å². The van der Waals surface area contributed by atoms with Gasteiger partial charge in [-0.3, -0.25) is 9.48 Å². The van der Waals surface area contributed by atoms with Crippen molar-refractivity contribution in [2.24, 2.45) is 7.05 Å². The zero-order chi connectivity index (χ0) is 18.4. The molecule has 1 aliphatic carbocycles. The number of aromatic carboxylic acids is 1. The average Bonchev–Trinajstić information content (AvgIpc) is 3.28. The molecule has 1 aromatic carbocycles. The molecule has 2 aromatic rings. The number of amides is 1. The number of aromatic nitrogens is 2. The predicted molar refractivity (Wildman–Crippen MR) is 89.6 cm³/mol. The van der Waals surface area contributed by atoms with Crippen molar-refractivity contribution in [2.45, 2.75) is 23.7 Å². The molecule has 0 spiro atoms. The van der Waals surface area contributed by atoms with E-state index in [1.807, 2.05) is 0 Å². The molecule has 0 bridgehead atoms. The number of hydrogen-bond acceptors (Lipinski definition) is 5. The summed E-state index contributed by atoms with van der Waals surface area (Å²) in [4.78, 5) is 23.6. The molecule has 0 saturated heterocycles. The molecule has 1 aliphatic rings. The van der Waals surface area contributed by atoms with Crippen LogP contribution in [-0.4, -0.2) is 41.4 Å². The SMILES string of the molecule is Cn1ncc(C(=O)Nc2cc(C(=O)O)cc(S(C)(=O)=O)c2)c1C1CC1. The summed E-state index contributed by atoms with van der Waals surface area (Å²) in [7, 11) is -1.86. The van der Waals surface area contributed by atoms with Crippen LogP contribution >= 0.6 is 0 Å². The van der Waals surface area contributed by atoms with Crippen LogP contribution in [0.25, 0.3) is 0 Å². The fourth-order valence-electron chi connectivity index (χ4n) is 2.67. The van der Waals surface area contributed by atoms with Crippen LogP contribution in [0.15, 0.2) is 29.3 Å². The van der Waals surface area contributed by atoms with E-state index in [0.717, 1.165) is 30.9 Å². The number of carbonyl (C=O) groups is 2. The summed E-state index contributed by atoms with van der Waals surface area (Å²) in [5, 5.41) is 15.8. The number of benzene rings is 1. The summed E-state index contributed by atoms with van der Waals surface area (Å²) in [5.74, 6) is -1.43. The van der Waals surface area contributed by atoms with Crippen LogP contribution in [0.1, 0.15) is 45.2 Å². The van der Waals surface area contributed by atoms with Gasteiger partial charge in [0.25, 0.3) is 5.91 Å². The maximum absolute atomic E-state index is 12.6. The highest BCUT2D eigenvalue weighted by Crippen LogP contribution is 2.41. The number of anilines is 1. The van der Waals surface area contributed by atoms with Crippen molar-refractivity contribution in [3.05, 3.63) is 41.2 Å². The first-order valence-electron chi connectivity index (χ1n) is 7.58. The molecule has 8 nitrogen and oxygen atoms in total. The lowest BCUT2D eigenvalue weighted by Crippen LogP contribution is -2.15. The summed E-state index contributed by atoms with van der Waals surface area (Å²) < 4.78 is 25.2. The Hall–Kier alpha value is -2.68. The van der Waals surface area contributed by atoms with Gasteiger partial charge in [0.15, 0.2) is 9.84 Å². The summed E-state index contributed by atoms with van der Waals surface area (Å²) in [5.41, 5.74) is 1.13. The lowest BCUT2D eigenvalue weighted by molar-refractivity contribution is 0.0696. The number of carboxylic acids is 1. The molecular weight excluding hydrogens is 346 g/mol. The van der Waals surface area contributed by atoms with Crippen LogP contribution in [0.2, 0.25) is 0 Å². The molecule has 0 atom stereocenters. The van der Waals surface area contributed by atoms with Gasteiger partial charge in [-0.2, -0.15) is 5.10 Å². The van der Waals surface area contributed by atoms with Crippen LogP contribution in [0.3, 0.4) is 0 Å². The first-order chi connectivity index (χ1) is 11.7. The molecule has 25 heavy (non-hydrogen) atoms. The van der Waals surface area contributed by atoms with Gasteiger partial charge in [-0.15, -0.1) is 0 Å². The molecule has 1 aromatic heterocycles. The van der Waals surface area contributed by atoms with Crippen molar-refractivity contribution in [3.63, 3.8) is 0 Å². The smallest absolute Gasteiger partial charge is 0.335 e. The standard InChI is InChI=1S/C16H17N3O5S/c1-19-14(9-3-4-9)13(8-17-19)15(20)18-11-5-10(16(21)22)6-12(7-11)25(2,23)24/h5-9H,3-4H2,1-2H3,(H,18,20)(H,21,22). The van der Waals surface area contributed by atoms with Crippen molar-refractivity contribution in [2.75, 3.05) is 11.6 Å². The Labute approximate surface area is 144 Å². The second-order valence-electron chi connectivity index (χ2n) is 6.12. The number of sulfone groups is 1. The van der Waals surface area contributed by atoms with E-state index in [1.54, 1.807) is 11.7 Å². The number of hydrogen-bond donors (Lipinski definition) is 2. The third-order valence-corrected chi connectivity index (χ3v) is 5.12. The van der Waals surface area contributed by atoms with Crippen molar-refractivity contribution >= 4 is 27.4 Å². The number of aryl methyl sites for hydroxylation is 1. The first kappa shape index (κ1) is 17.2. The van der Waals surface area contributed by atoms with Crippen LogP contribution < -0.4 is 5.32 Å². The minimum atomic E-state index is -3.62. The van der Waals surface area contributed by atoms with Crippen molar-refractivity contribution in [1.82, 2.24) is 9.78 Å². The molecular formula is C16H17N3O5S. The lowest BCUT2D eigenvalue weighted by atomic mass is 10.1. The van der Waals surface area contributed by atoms with Gasteiger partial charge in [0.2, 0.25) is 0 Å². The maximum Gasteiger partial charge on any atom is 0.335 e. The number of rotatable bonds is 5. The monoisotopic (exact) mass is 363 g/mol. The van der Waals surface area contributed by atoms with Crippen LogP contribution in [-0.2, 0) is 16.9 Å². The Bertz CT molecular complexity index is 974. The molecule has 132 valence electrons. The number of carbonyl (C=O) groups excluding carboxylic acids is 1. The molecule has 1 heterocycles. The Morgan fingerprint density at radius 1 is 1.28 bits per heavy atom. The fourth-order valence-corrected chi connectivity index (χ4v) is 3.35. The summed E-state index contributed by atoms with van der Waals surface area (Å²) in [6, 6.07) is 3.53. The Kier molecular flexibility index (Phi) is 4.11. The molecule has 0 radical (unpaired) electrons. The van der Waals surface area contributed by atoms with Gasteiger partial charge in [-0.1, -0.05) is 0 Å². The molecule has 2 N–H and O–H groups in total. The van der Waals surface area contributed by atoms with Gasteiger partial charge >= 0.3 is 5.97 Å². The Morgan fingerprint density at radius 2 is 1.96 bits per heavy atom. The predicted octanol–water partition coefficient (Wildman–Crippen LogP) is 1.65. The van der Waals surface area contributed by atoms with Gasteiger partial charge < -0.3 is 10.4 Å². The van der Waals surface area contributed by atoms with E-state index in [4.69, 9.17) is 5.11 Å². The van der Waals surface area contributed by atoms with Crippen LogP contribution in [0.4, 0.5) is 5.69 Å². The number of nitrogens with zero attached hydrogens (tertiary/aromatic N) is 2. The van der Waals surface area contributed by atoms with Gasteiger partial charge in [0.05, 0.1) is 27.9 Å². The Balaban J connectivity index is 1.96. The molecule has 3 rings (SSSR count). The summed E-state index contributed by atoms with van der Waals surface area (Å²) in [6.45, 7) is 0. The quantitative estimate of drug-likeness (QED) is 0.834. The minimum Gasteiger partial charge on any atom is -0.478 e. The van der Waals surface area contributed by atoms with Crippen LogP contribution in [0.5, 0.6) is 0 Å². The van der Waals surface area contributed by atoms with E-state index in [1.165, 1.54) is 18.3 Å². The minimum absolute atomic E-state index is 0.107. The summed E-state index contributed by atoms with van der Waals surface area (Å²) >= 11 is 0. The molecule has 1 fully saturated rings. The normalized spacial score (nSPS) is 14.3. The third kappa shape index (κ3) is 3.55. The maximum atomic E-state index is 12.6. The van der Waals surface area contributed by atoms with E-state index in [-0.39, 0.29) is 16.1 Å². The highest BCUT2D eigenvalue weighted by atomic mass is 32.2. The van der Waals surface area contributed by atoms with Gasteiger partial charge in [-0.25, -0.2) is 13.2 Å². The highest BCUT2D eigenvalue weighted by Gasteiger charge is 2.31. The molecule has 9 heteroatoms. The van der Waals surface area contributed by atoms with Gasteiger partial charge in [-0.05, 0) is 31.0 Å². The van der Waals surface area contributed by atoms with Crippen molar-refractivity contribution in [3.8, 4) is 0 Å². The molecule has 0 unspecified atom stereocenters. The second kappa shape index (κ2) is 5.99. The summed E-state index contributed by atoms with van der Waals surface area (Å²) in [6.07, 6.45) is 4.42. The zero-order valence-corrected chi connectivity index (χ0v) is 14.5. The molecule has 1 amide bonds. The molecule has 0 aliphatic heterocycles. The number of nitrogens with one attached hydrogen (secondary N) is 1. The third-order valence-electron chi connectivity index (χ3n) is 4.03. The second-order valence-corrected chi connectivity index (χ2v) is 8.13. The zero-order valence-electron chi connectivity index (χ0n) is 13.7. The van der Waals surface area contributed by atoms with E-state index in [9.17, 15) is 18.0 Å².